The van der Waals surface area contributed by atoms with Gasteiger partial charge in [-0.05, 0) is 93.8 Å². The van der Waals surface area contributed by atoms with E-state index in [-0.39, 0.29) is 33.5 Å². The summed E-state index contributed by atoms with van der Waals surface area (Å²) in [5.74, 6) is 0.911. The average Bonchev–Trinajstić information content (AvgIpc) is 3.55. The summed E-state index contributed by atoms with van der Waals surface area (Å²) in [7, 11) is -4.25. The number of hydrogen-bond acceptors (Lipinski definition) is 7. The van der Waals surface area contributed by atoms with Gasteiger partial charge in [0.2, 0.25) is 0 Å². The molecule has 0 spiro atoms. The van der Waals surface area contributed by atoms with Crippen molar-refractivity contribution in [3.05, 3.63) is 82.1 Å². The molecule has 1 saturated heterocycles. The quantitative estimate of drug-likeness (QED) is 0.334. The van der Waals surface area contributed by atoms with E-state index in [1.165, 1.54) is 28.3 Å². The van der Waals surface area contributed by atoms with Gasteiger partial charge < -0.3 is 10.2 Å². The minimum absolute atomic E-state index is 0.0483. The van der Waals surface area contributed by atoms with Gasteiger partial charge in [0.1, 0.15) is 11.6 Å². The Hall–Kier alpha value is -3.72. The summed E-state index contributed by atoms with van der Waals surface area (Å²) in [6.07, 6.45) is 5.00. The largest absolute Gasteiger partial charge is 0.366 e. The maximum absolute atomic E-state index is 13.7. The molecule has 1 aliphatic carbocycles. The highest BCUT2D eigenvalue weighted by atomic mass is 32.2. The second kappa shape index (κ2) is 10.7. The van der Waals surface area contributed by atoms with Crippen molar-refractivity contribution in [3.63, 3.8) is 0 Å². The summed E-state index contributed by atoms with van der Waals surface area (Å²) >= 11 is 0. The van der Waals surface area contributed by atoms with Crippen molar-refractivity contribution in [2.45, 2.75) is 95.7 Å². The number of carbonyl (C=O) groups excluding carboxylic acids is 1. The van der Waals surface area contributed by atoms with Crippen LogP contribution in [0.1, 0.15) is 106 Å². The number of aromatic nitrogens is 2. The number of amides is 1. The number of sulfonamides is 1. The van der Waals surface area contributed by atoms with Crippen molar-refractivity contribution in [3.8, 4) is 0 Å². The number of anilines is 2. The molecule has 3 atom stereocenters. The van der Waals surface area contributed by atoms with Crippen molar-refractivity contribution in [1.29, 1.82) is 0 Å². The number of fused-ring (bicyclic) bond motifs is 7. The Labute approximate surface area is 261 Å². The van der Waals surface area contributed by atoms with Crippen LogP contribution >= 0.6 is 0 Å². The maximum Gasteiger partial charge on any atom is 0.281 e. The highest BCUT2D eigenvalue weighted by molar-refractivity contribution is 7.90. The average molecular weight is 614 g/mol. The first-order chi connectivity index (χ1) is 20.6. The van der Waals surface area contributed by atoms with Crippen LogP contribution in [0, 0.1) is 5.92 Å². The molecule has 2 N–H and O–H groups in total. The second-order valence-corrected chi connectivity index (χ2v) is 16.2. The standard InChI is InChI=1S/C35H43N5O3S/c1-21(2)17-22-11-13-24-26(18-22)31(24)27-15-12-23-19-35(6,7)40(20-23)32-25(14-16-28(37-32)34(3,4)5)33(41)39-44(42,43)30-10-8-9-29(36-27)38-30/h8-11,13-14,16-18,23,27,31H,12,15,19-20H2,1-7H3,(H,36,38)(H,39,41)/t23-,27?,31?/m0/s1. The summed E-state index contributed by atoms with van der Waals surface area (Å²) in [6.45, 7) is 15.6. The molecule has 44 heavy (non-hydrogen) atoms. The molecule has 1 aromatic carbocycles. The van der Waals surface area contributed by atoms with Gasteiger partial charge in [-0.15, -0.1) is 0 Å². The number of rotatable bonds is 2. The summed E-state index contributed by atoms with van der Waals surface area (Å²) in [6, 6.07) is 15.1. The molecule has 232 valence electrons. The monoisotopic (exact) mass is 613 g/mol. The molecule has 1 fully saturated rings. The first-order valence-corrected chi connectivity index (χ1v) is 17.0. The number of carbonyl (C=O) groups is 1. The molecule has 4 bridgehead atoms. The second-order valence-electron chi connectivity index (χ2n) is 14.5. The van der Waals surface area contributed by atoms with Crippen molar-refractivity contribution in [2.75, 3.05) is 16.8 Å². The number of allylic oxidation sites excluding steroid dienone is 1. The van der Waals surface area contributed by atoms with Crippen molar-refractivity contribution in [2.24, 2.45) is 5.92 Å². The number of nitrogens with one attached hydrogen (secondary N) is 2. The summed E-state index contributed by atoms with van der Waals surface area (Å²) in [5.41, 5.74) is 5.68. The van der Waals surface area contributed by atoms with Crippen LogP contribution in [0.4, 0.5) is 11.6 Å². The zero-order valence-electron chi connectivity index (χ0n) is 26.7. The van der Waals surface area contributed by atoms with Gasteiger partial charge in [-0.3, -0.25) is 4.79 Å². The minimum atomic E-state index is -4.25. The lowest BCUT2D eigenvalue weighted by molar-refractivity contribution is 0.0981. The number of benzene rings is 1. The maximum atomic E-state index is 13.7. The number of nitrogens with zero attached hydrogens (tertiary/aromatic N) is 3. The molecule has 0 saturated carbocycles. The molecule has 6 rings (SSSR count). The van der Waals surface area contributed by atoms with E-state index in [0.29, 0.717) is 17.6 Å². The fourth-order valence-corrected chi connectivity index (χ4v) is 7.86. The molecule has 1 amide bonds. The van der Waals surface area contributed by atoms with E-state index in [1.54, 1.807) is 18.2 Å². The minimum Gasteiger partial charge on any atom is -0.366 e. The fraction of sp³-hybridized carbons (Fsp3) is 0.457. The normalized spacial score (nSPS) is 23.7. The Balaban J connectivity index is 1.41. The summed E-state index contributed by atoms with van der Waals surface area (Å²) < 4.78 is 29.3. The Morgan fingerprint density at radius 3 is 2.52 bits per heavy atom. The van der Waals surface area contributed by atoms with E-state index in [9.17, 15) is 13.2 Å². The van der Waals surface area contributed by atoms with Crippen molar-refractivity contribution in [1.82, 2.24) is 14.7 Å². The lowest BCUT2D eigenvalue weighted by atomic mass is 9.90. The molecule has 8 nitrogen and oxygen atoms in total. The number of pyridine rings is 2. The molecular weight excluding hydrogens is 570 g/mol. The van der Waals surface area contributed by atoms with Crippen LogP contribution in [0.5, 0.6) is 0 Å². The van der Waals surface area contributed by atoms with Gasteiger partial charge >= 0.3 is 0 Å². The first kappa shape index (κ1) is 30.3. The van der Waals surface area contributed by atoms with Crippen LogP contribution in [-0.2, 0) is 15.4 Å². The molecule has 3 aliphatic rings. The molecule has 2 aromatic heterocycles. The third kappa shape index (κ3) is 5.86. The third-order valence-corrected chi connectivity index (χ3v) is 10.3. The molecule has 0 radical (unpaired) electrons. The van der Waals surface area contributed by atoms with Gasteiger partial charge in [-0.1, -0.05) is 56.7 Å². The Bertz CT molecular complexity index is 1770. The lowest BCUT2D eigenvalue weighted by Gasteiger charge is -2.34. The zero-order valence-corrected chi connectivity index (χ0v) is 27.5. The third-order valence-electron chi connectivity index (χ3n) is 9.10. The van der Waals surface area contributed by atoms with Gasteiger partial charge in [0, 0.05) is 35.2 Å². The van der Waals surface area contributed by atoms with Crippen LogP contribution in [0.25, 0.3) is 6.08 Å². The molecule has 4 heterocycles. The van der Waals surface area contributed by atoms with Gasteiger partial charge in [-0.25, -0.2) is 14.7 Å². The highest BCUT2D eigenvalue weighted by Crippen LogP contribution is 2.49. The van der Waals surface area contributed by atoms with Gasteiger partial charge in [0.15, 0.2) is 5.03 Å². The smallest absolute Gasteiger partial charge is 0.281 e. The Kier molecular flexibility index (Phi) is 7.38. The van der Waals surface area contributed by atoms with Crippen molar-refractivity contribution < 1.29 is 13.2 Å². The van der Waals surface area contributed by atoms with Crippen molar-refractivity contribution >= 4 is 33.6 Å². The molecule has 9 heteroatoms. The molecular formula is C35H43N5O3S. The van der Waals surface area contributed by atoms with Crippen LogP contribution in [0.3, 0.4) is 0 Å². The first-order valence-electron chi connectivity index (χ1n) is 15.5. The fourth-order valence-electron chi connectivity index (χ4n) is 6.92. The highest BCUT2D eigenvalue weighted by Gasteiger charge is 2.44. The van der Waals surface area contributed by atoms with E-state index in [4.69, 9.17) is 4.98 Å². The zero-order chi connectivity index (χ0) is 31.6. The van der Waals surface area contributed by atoms with E-state index >= 15 is 0 Å². The molecule has 2 unspecified atom stereocenters. The topological polar surface area (TPSA) is 104 Å². The van der Waals surface area contributed by atoms with E-state index in [1.807, 2.05) is 6.07 Å². The Morgan fingerprint density at radius 1 is 1.02 bits per heavy atom. The molecule has 2 aliphatic heterocycles. The Morgan fingerprint density at radius 2 is 1.80 bits per heavy atom. The van der Waals surface area contributed by atoms with Crippen LogP contribution in [0.15, 0.2) is 59.1 Å². The molecule has 3 aromatic rings. The summed E-state index contributed by atoms with van der Waals surface area (Å²) in [4.78, 5) is 25.4. The van der Waals surface area contributed by atoms with Crippen LogP contribution in [-0.4, -0.2) is 42.4 Å². The summed E-state index contributed by atoms with van der Waals surface area (Å²) in [5, 5.41) is 3.39. The predicted octanol–water partition coefficient (Wildman–Crippen LogP) is 6.64. The van der Waals surface area contributed by atoms with Crippen LogP contribution in [0.2, 0.25) is 0 Å². The van der Waals surface area contributed by atoms with E-state index in [0.717, 1.165) is 31.5 Å². The van der Waals surface area contributed by atoms with E-state index < -0.39 is 15.9 Å². The van der Waals surface area contributed by atoms with Crippen LogP contribution < -0.4 is 14.9 Å². The van der Waals surface area contributed by atoms with Gasteiger partial charge in [0.25, 0.3) is 15.9 Å². The SMILES string of the molecule is CC(C)=Cc1ccc2c(c1)C2C1CC[C@@H]2CN(c3nc(C(C)(C)C)ccc3C(=O)NS(=O)(=O)c3cccc(n3)N1)C(C)(C)C2. The van der Waals surface area contributed by atoms with Gasteiger partial charge in [-0.2, -0.15) is 8.42 Å². The predicted molar refractivity (Wildman–Crippen MR) is 176 cm³/mol. The van der Waals surface area contributed by atoms with E-state index in [2.05, 4.69) is 92.7 Å². The van der Waals surface area contributed by atoms with Gasteiger partial charge in [0.05, 0.1) is 5.56 Å². The lowest BCUT2D eigenvalue weighted by Crippen LogP contribution is -2.41. The number of hydrogen-bond donors (Lipinski definition) is 2.